The van der Waals surface area contributed by atoms with E-state index >= 15 is 0 Å². The van der Waals surface area contributed by atoms with Crippen LogP contribution in [-0.2, 0) is 0 Å². The number of aromatic carboxylic acids is 1. The normalized spacial score (nSPS) is 10.5. The van der Waals surface area contributed by atoms with Crippen LogP contribution in [0.25, 0.3) is 0 Å². The number of carboxylic acids is 1. The number of carboxylic acid groups (broad SMARTS) is 1. The van der Waals surface area contributed by atoms with E-state index in [1.54, 1.807) is 0 Å². The first-order chi connectivity index (χ1) is 7.36. The number of pyridine rings is 1. The molecule has 0 aliphatic carbocycles. The maximum atomic E-state index is 12.6. The number of nitrogens with zero attached hydrogens (tertiary/aromatic N) is 2. The van der Waals surface area contributed by atoms with E-state index in [-0.39, 0.29) is 5.56 Å². The van der Waals surface area contributed by atoms with Crippen molar-refractivity contribution in [2.24, 2.45) is 0 Å². The lowest BCUT2D eigenvalue weighted by Crippen LogP contribution is -2.08. The standard InChI is InChI=1S/C8H6F2N2O4/c1-3-4(8(13)14)2-11-7(12(15)16)5(3)6(9)10/h2,6H,1H3,(H,13,14). The first-order valence-corrected chi connectivity index (χ1v) is 4.01. The summed E-state index contributed by atoms with van der Waals surface area (Å²) in [7, 11) is 0. The third kappa shape index (κ3) is 1.95. The van der Waals surface area contributed by atoms with Crippen LogP contribution in [0.3, 0.4) is 0 Å². The number of alkyl halides is 2. The number of carbonyl (C=O) groups is 1. The molecule has 1 aromatic rings. The van der Waals surface area contributed by atoms with Crippen molar-refractivity contribution < 1.29 is 23.6 Å². The molecule has 86 valence electrons. The largest absolute Gasteiger partial charge is 0.478 e. The fourth-order valence-corrected chi connectivity index (χ4v) is 1.23. The summed E-state index contributed by atoms with van der Waals surface area (Å²) in [6, 6.07) is 0. The molecule has 0 atom stereocenters. The maximum absolute atomic E-state index is 12.6. The molecule has 0 aromatic carbocycles. The van der Waals surface area contributed by atoms with Crippen molar-refractivity contribution in [3.05, 3.63) is 33.0 Å². The Hall–Kier alpha value is -2.12. The van der Waals surface area contributed by atoms with Crippen molar-refractivity contribution in [1.29, 1.82) is 0 Å². The second-order valence-corrected chi connectivity index (χ2v) is 2.90. The van der Waals surface area contributed by atoms with E-state index in [0.29, 0.717) is 6.20 Å². The summed E-state index contributed by atoms with van der Waals surface area (Å²) in [6.45, 7) is 1.08. The quantitative estimate of drug-likeness (QED) is 0.634. The van der Waals surface area contributed by atoms with E-state index in [4.69, 9.17) is 5.11 Å². The SMILES string of the molecule is Cc1c(C(=O)O)cnc([N+](=O)[O-])c1C(F)F. The van der Waals surface area contributed by atoms with Gasteiger partial charge < -0.3 is 15.2 Å². The molecule has 0 spiro atoms. The van der Waals surface area contributed by atoms with E-state index in [1.165, 1.54) is 0 Å². The number of nitro groups is 1. The zero-order valence-corrected chi connectivity index (χ0v) is 7.98. The summed E-state index contributed by atoms with van der Waals surface area (Å²) in [5, 5.41) is 19.1. The second kappa shape index (κ2) is 4.17. The number of halogens is 2. The Balaban J connectivity index is 3.54. The van der Waals surface area contributed by atoms with Gasteiger partial charge in [0.2, 0.25) is 0 Å². The van der Waals surface area contributed by atoms with E-state index in [1.807, 2.05) is 0 Å². The van der Waals surface area contributed by atoms with Crippen molar-refractivity contribution in [3.63, 3.8) is 0 Å². The maximum Gasteiger partial charge on any atom is 0.372 e. The molecule has 1 rings (SSSR count). The van der Waals surface area contributed by atoms with Gasteiger partial charge in [-0.15, -0.1) is 0 Å². The molecule has 0 fully saturated rings. The summed E-state index contributed by atoms with van der Waals surface area (Å²) >= 11 is 0. The van der Waals surface area contributed by atoms with Crippen molar-refractivity contribution in [3.8, 4) is 0 Å². The summed E-state index contributed by atoms with van der Waals surface area (Å²) < 4.78 is 25.1. The molecule has 0 unspecified atom stereocenters. The van der Waals surface area contributed by atoms with Gasteiger partial charge in [0, 0.05) is 0 Å². The van der Waals surface area contributed by atoms with Crippen LogP contribution >= 0.6 is 0 Å². The first kappa shape index (κ1) is 12.0. The molecular formula is C8H6F2N2O4. The lowest BCUT2D eigenvalue weighted by Gasteiger charge is -2.06. The summed E-state index contributed by atoms with van der Waals surface area (Å²) in [6.07, 6.45) is -2.45. The van der Waals surface area contributed by atoms with Gasteiger partial charge in [0.05, 0.1) is 0 Å². The summed E-state index contributed by atoms with van der Waals surface area (Å²) in [5.74, 6) is -2.47. The minimum absolute atomic E-state index is 0.343. The molecule has 0 radical (unpaired) electrons. The average molecular weight is 232 g/mol. The van der Waals surface area contributed by atoms with Gasteiger partial charge in [0.25, 0.3) is 6.43 Å². The van der Waals surface area contributed by atoms with Crippen LogP contribution in [0.2, 0.25) is 0 Å². The van der Waals surface area contributed by atoms with Crippen LogP contribution in [0.5, 0.6) is 0 Å². The Kier molecular flexibility index (Phi) is 3.11. The Bertz CT molecular complexity index is 462. The van der Waals surface area contributed by atoms with E-state index in [9.17, 15) is 23.7 Å². The van der Waals surface area contributed by atoms with Gasteiger partial charge in [-0.3, -0.25) is 0 Å². The minimum atomic E-state index is -3.15. The first-order valence-electron chi connectivity index (χ1n) is 4.01. The zero-order valence-electron chi connectivity index (χ0n) is 7.98. The highest BCUT2D eigenvalue weighted by atomic mass is 19.3. The molecule has 6 nitrogen and oxygen atoms in total. The Morgan fingerprint density at radius 3 is 2.56 bits per heavy atom. The molecular weight excluding hydrogens is 226 g/mol. The number of rotatable bonds is 3. The fourth-order valence-electron chi connectivity index (χ4n) is 1.23. The molecule has 0 aliphatic rings. The molecule has 1 aromatic heterocycles. The molecule has 0 bridgehead atoms. The molecule has 16 heavy (non-hydrogen) atoms. The van der Waals surface area contributed by atoms with Crippen LogP contribution in [-0.4, -0.2) is 21.0 Å². The molecule has 0 saturated carbocycles. The Morgan fingerprint density at radius 2 is 2.19 bits per heavy atom. The summed E-state index contributed by atoms with van der Waals surface area (Å²) in [4.78, 5) is 23.1. The smallest absolute Gasteiger partial charge is 0.372 e. The van der Waals surface area contributed by atoms with Crippen molar-refractivity contribution in [2.45, 2.75) is 13.3 Å². The molecule has 0 amide bonds. The van der Waals surface area contributed by atoms with Crippen LogP contribution in [0, 0.1) is 17.0 Å². The predicted octanol–water partition coefficient (Wildman–Crippen LogP) is 1.93. The van der Waals surface area contributed by atoms with Gasteiger partial charge >= 0.3 is 11.8 Å². The number of aromatic nitrogens is 1. The van der Waals surface area contributed by atoms with Gasteiger partial charge in [0.1, 0.15) is 11.1 Å². The van der Waals surface area contributed by atoms with Crippen LogP contribution in [0.4, 0.5) is 14.6 Å². The predicted molar refractivity (Wildman–Crippen MR) is 47.5 cm³/mol. The minimum Gasteiger partial charge on any atom is -0.478 e. The van der Waals surface area contributed by atoms with Gasteiger partial charge in [-0.05, 0) is 22.4 Å². The number of hydrogen-bond acceptors (Lipinski definition) is 4. The lowest BCUT2D eigenvalue weighted by atomic mass is 10.1. The van der Waals surface area contributed by atoms with Crippen LogP contribution in [0.15, 0.2) is 6.20 Å². The topological polar surface area (TPSA) is 93.3 Å². The van der Waals surface area contributed by atoms with Gasteiger partial charge in [-0.25, -0.2) is 13.6 Å². The highest BCUT2D eigenvalue weighted by Crippen LogP contribution is 2.31. The van der Waals surface area contributed by atoms with Gasteiger partial charge in [-0.2, -0.15) is 0 Å². The molecule has 1 N–H and O–H groups in total. The second-order valence-electron chi connectivity index (χ2n) is 2.90. The molecule has 8 heteroatoms. The van der Waals surface area contributed by atoms with E-state index < -0.39 is 34.3 Å². The Morgan fingerprint density at radius 1 is 1.62 bits per heavy atom. The number of hydrogen-bond donors (Lipinski definition) is 1. The highest BCUT2D eigenvalue weighted by molar-refractivity contribution is 5.89. The van der Waals surface area contributed by atoms with Gasteiger partial charge in [-0.1, -0.05) is 0 Å². The summed E-state index contributed by atoms with van der Waals surface area (Å²) in [5.41, 5.74) is -1.77. The van der Waals surface area contributed by atoms with E-state index in [0.717, 1.165) is 6.92 Å². The zero-order chi connectivity index (χ0) is 12.5. The molecule has 0 saturated heterocycles. The Labute approximate surface area is 87.7 Å². The van der Waals surface area contributed by atoms with E-state index in [2.05, 4.69) is 4.98 Å². The third-order valence-corrected chi connectivity index (χ3v) is 1.99. The van der Waals surface area contributed by atoms with Crippen LogP contribution < -0.4 is 0 Å². The molecule has 0 aliphatic heterocycles. The monoisotopic (exact) mass is 232 g/mol. The average Bonchev–Trinajstić information content (AvgIpc) is 2.15. The third-order valence-electron chi connectivity index (χ3n) is 1.99. The highest BCUT2D eigenvalue weighted by Gasteiger charge is 2.29. The van der Waals surface area contributed by atoms with Crippen molar-refractivity contribution >= 4 is 11.8 Å². The molecule has 1 heterocycles. The van der Waals surface area contributed by atoms with Gasteiger partial charge in [0.15, 0.2) is 6.20 Å². The van der Waals surface area contributed by atoms with Crippen molar-refractivity contribution in [1.82, 2.24) is 4.98 Å². The fraction of sp³-hybridized carbons (Fsp3) is 0.250. The van der Waals surface area contributed by atoms with Crippen molar-refractivity contribution in [2.75, 3.05) is 0 Å². The lowest BCUT2D eigenvalue weighted by molar-refractivity contribution is -0.391. The van der Waals surface area contributed by atoms with Crippen LogP contribution in [0.1, 0.15) is 27.9 Å².